The second-order valence-corrected chi connectivity index (χ2v) is 14.3. The third kappa shape index (κ3) is 12.9. The van der Waals surface area contributed by atoms with Crippen LogP contribution in [0.4, 0.5) is 9.59 Å². The average Bonchev–Trinajstić information content (AvgIpc) is 3.04. The number of allylic oxidation sites excluding steroid dienone is 4. The molecule has 0 fully saturated rings. The van der Waals surface area contributed by atoms with E-state index in [9.17, 15) is 32.4 Å². The molecular formula is C35H51N5O11S. The number of methoxy groups -OCH3 is 2. The van der Waals surface area contributed by atoms with Crippen LogP contribution >= 0.6 is 0 Å². The molecule has 1 aliphatic carbocycles. The molecule has 6 N–H and O–H groups in total. The van der Waals surface area contributed by atoms with Crippen LogP contribution in [-0.4, -0.2) is 89.3 Å². The van der Waals surface area contributed by atoms with Crippen LogP contribution in [0.15, 0.2) is 71.1 Å². The first-order chi connectivity index (χ1) is 24.3. The number of hydrogen-bond donors (Lipinski definition) is 5. The summed E-state index contributed by atoms with van der Waals surface area (Å²) in [5.41, 5.74) is 5.97. The van der Waals surface area contributed by atoms with Gasteiger partial charge in [-0.1, -0.05) is 44.2 Å². The maximum absolute atomic E-state index is 13.8. The molecule has 17 heteroatoms. The van der Waals surface area contributed by atoms with Gasteiger partial charge < -0.3 is 35.3 Å². The zero-order valence-corrected chi connectivity index (χ0v) is 31.6. The van der Waals surface area contributed by atoms with E-state index in [0.29, 0.717) is 5.57 Å². The van der Waals surface area contributed by atoms with Crippen LogP contribution in [0.3, 0.4) is 0 Å². The molecule has 0 spiro atoms. The fourth-order valence-electron chi connectivity index (χ4n) is 5.72. The summed E-state index contributed by atoms with van der Waals surface area (Å²) in [5, 5.41) is 5.47. The molecule has 0 saturated carbocycles. The molecule has 0 radical (unpaired) electrons. The van der Waals surface area contributed by atoms with Crippen LogP contribution in [0.5, 0.6) is 0 Å². The summed E-state index contributed by atoms with van der Waals surface area (Å²) in [7, 11) is -1.54. The Morgan fingerprint density at radius 1 is 1.12 bits per heavy atom. The molecule has 2 aliphatic rings. The lowest BCUT2D eigenvalue weighted by molar-refractivity contribution is -0.120. The Morgan fingerprint density at radius 2 is 1.79 bits per heavy atom. The van der Waals surface area contributed by atoms with Gasteiger partial charge in [0.1, 0.15) is 12.2 Å². The number of fused-ring (bicyclic) bond motifs is 2. The van der Waals surface area contributed by atoms with E-state index in [1.807, 2.05) is 4.72 Å². The highest BCUT2D eigenvalue weighted by atomic mass is 32.2. The summed E-state index contributed by atoms with van der Waals surface area (Å²) in [6.45, 7) is 13.6. The first-order valence-corrected chi connectivity index (χ1v) is 18.1. The lowest BCUT2D eigenvalue weighted by atomic mass is 9.85. The number of carbonyl (C=O) groups is 5. The van der Waals surface area contributed by atoms with Gasteiger partial charge in [0.05, 0.1) is 17.5 Å². The monoisotopic (exact) mass is 749 g/mol. The van der Waals surface area contributed by atoms with Gasteiger partial charge in [-0.05, 0) is 52.0 Å². The van der Waals surface area contributed by atoms with Crippen LogP contribution in [0.25, 0.3) is 0 Å². The number of ketones is 2. The highest BCUT2D eigenvalue weighted by molar-refractivity contribution is 7.88. The highest BCUT2D eigenvalue weighted by Crippen LogP contribution is 2.30. The zero-order valence-electron chi connectivity index (χ0n) is 30.8. The second-order valence-electron chi connectivity index (χ2n) is 12.9. The molecule has 2 bridgehead atoms. The van der Waals surface area contributed by atoms with Crippen molar-refractivity contribution in [3.63, 3.8) is 0 Å². The first kappa shape index (κ1) is 43.6. The van der Waals surface area contributed by atoms with Gasteiger partial charge in [0.25, 0.3) is 5.91 Å². The Balaban J connectivity index is 2.76. The van der Waals surface area contributed by atoms with E-state index in [2.05, 4.69) is 21.9 Å². The Bertz CT molecular complexity index is 1640. The Hall–Kier alpha value is -4.58. The van der Waals surface area contributed by atoms with Gasteiger partial charge in [0.15, 0.2) is 6.10 Å². The number of primary amides is 1. The van der Waals surface area contributed by atoms with Crippen molar-refractivity contribution < 1.29 is 51.3 Å². The average molecular weight is 750 g/mol. The minimum Gasteiger partial charge on any atom is -0.442 e. The number of nitrogens with one attached hydrogen (secondary N) is 4. The van der Waals surface area contributed by atoms with Gasteiger partial charge in [-0.2, -0.15) is 13.1 Å². The molecule has 288 valence electrons. The predicted molar refractivity (Wildman–Crippen MR) is 192 cm³/mol. The maximum atomic E-state index is 13.8. The Kier molecular flexibility index (Phi) is 16.7. The Morgan fingerprint density at radius 3 is 2.37 bits per heavy atom. The summed E-state index contributed by atoms with van der Waals surface area (Å²) < 4.78 is 51.7. The minimum absolute atomic E-state index is 0.0353. The maximum Gasteiger partial charge on any atom is 0.422 e. The van der Waals surface area contributed by atoms with E-state index in [1.165, 1.54) is 45.4 Å². The number of rotatable bonds is 10. The fraction of sp³-hybridized carbons (Fsp3) is 0.514. The van der Waals surface area contributed by atoms with Gasteiger partial charge in [-0.15, -0.1) is 6.58 Å². The largest absolute Gasteiger partial charge is 0.442 e. The number of ether oxygens (including phenoxy) is 4. The summed E-state index contributed by atoms with van der Waals surface area (Å²) in [5.74, 6) is -2.87. The lowest BCUT2D eigenvalue weighted by Gasteiger charge is -2.32. The SMILES string of the molecule is C=CCNC1=C2C[C@@H](C)C[C@H](OC)[C@H](OC(=O)NS(=O)(=O)NC(C)C)[C@@H](C)/C=C(\C)[C@H](OC(N)=O)[C@@H](OC)/C=C\C=C(/C)C(=O)NC(=CC1=O)C2=O. The van der Waals surface area contributed by atoms with E-state index in [0.717, 1.165) is 6.08 Å². The molecule has 3 amide bonds. The molecule has 52 heavy (non-hydrogen) atoms. The van der Waals surface area contributed by atoms with E-state index >= 15 is 0 Å². The Labute approximate surface area is 305 Å². The van der Waals surface area contributed by atoms with Gasteiger partial charge >= 0.3 is 22.4 Å². The van der Waals surface area contributed by atoms with Gasteiger partial charge in [-0.25, -0.2) is 14.3 Å². The van der Waals surface area contributed by atoms with Crippen molar-refractivity contribution in [2.24, 2.45) is 17.6 Å². The molecule has 1 heterocycles. The standard InChI is InChI=1S/C35H51N5O11S/c1-10-14-37-29-24-15-20(4)16-28(49-9)32(51-35(45)40-52(46,47)39-19(2)3)23(7)17-22(6)31(50-34(36)44)27(48-8)13-11-12-21(5)33(43)38-25(30(24)42)18-26(29)41/h10-13,17-20,23,27-28,31-32,37,39H,1,14-16H2,2-9H3,(H2,36,44)(H,38,43)(H,40,45)/b13-11-,21-12+,22-17+/t20-,23+,27+,28+,31+,32-/m1/s1. The number of hydrogen-bond acceptors (Lipinski definition) is 12. The summed E-state index contributed by atoms with van der Waals surface area (Å²) in [6, 6.07) is -0.523. The van der Waals surface area contributed by atoms with Crippen molar-refractivity contribution in [2.75, 3.05) is 20.8 Å². The van der Waals surface area contributed by atoms with Crippen molar-refractivity contribution in [3.05, 3.63) is 71.1 Å². The van der Waals surface area contributed by atoms with Crippen LogP contribution in [0, 0.1) is 11.8 Å². The molecule has 0 aromatic carbocycles. The normalized spacial score (nSPS) is 28.0. The first-order valence-electron chi connectivity index (χ1n) is 16.6. The van der Waals surface area contributed by atoms with Crippen LogP contribution in [0.2, 0.25) is 0 Å². The molecule has 16 nitrogen and oxygen atoms in total. The van der Waals surface area contributed by atoms with Crippen molar-refractivity contribution in [1.82, 2.24) is 20.1 Å². The molecular weight excluding hydrogens is 698 g/mol. The van der Waals surface area contributed by atoms with Crippen molar-refractivity contribution in [1.29, 1.82) is 0 Å². The summed E-state index contributed by atoms with van der Waals surface area (Å²) in [4.78, 5) is 65.3. The van der Waals surface area contributed by atoms with Crippen LogP contribution in [-0.2, 0) is 43.5 Å². The van der Waals surface area contributed by atoms with E-state index < -0.39 is 82.2 Å². The molecule has 6 atom stereocenters. The van der Waals surface area contributed by atoms with Gasteiger partial charge in [0, 0.05) is 49.9 Å². The van der Waals surface area contributed by atoms with Crippen LogP contribution < -0.4 is 25.8 Å². The number of Topliss-reactive ketones (excluding diaryl/α,β-unsaturated/α-hetero) is 1. The topological polar surface area (TPSA) is 231 Å². The molecule has 2 rings (SSSR count). The highest BCUT2D eigenvalue weighted by Gasteiger charge is 2.36. The lowest BCUT2D eigenvalue weighted by Crippen LogP contribution is -2.47. The van der Waals surface area contributed by atoms with Crippen molar-refractivity contribution in [2.45, 2.75) is 84.8 Å². The number of nitrogens with two attached hydrogens (primary N) is 1. The molecule has 0 unspecified atom stereocenters. The molecule has 0 aromatic rings. The van der Waals surface area contributed by atoms with E-state index in [1.54, 1.807) is 40.7 Å². The molecule has 0 aromatic heterocycles. The third-order valence-electron chi connectivity index (χ3n) is 8.03. The second kappa shape index (κ2) is 19.9. The summed E-state index contributed by atoms with van der Waals surface area (Å²) >= 11 is 0. The quantitative estimate of drug-likeness (QED) is 0.160. The fourth-order valence-corrected chi connectivity index (χ4v) is 6.67. The predicted octanol–water partition coefficient (Wildman–Crippen LogP) is 2.51. The molecule has 1 aliphatic heterocycles. The third-order valence-corrected chi connectivity index (χ3v) is 9.25. The smallest absolute Gasteiger partial charge is 0.422 e. The van der Waals surface area contributed by atoms with E-state index in [4.69, 9.17) is 24.7 Å². The van der Waals surface area contributed by atoms with Gasteiger partial charge in [0.2, 0.25) is 11.6 Å². The van der Waals surface area contributed by atoms with Crippen molar-refractivity contribution >= 4 is 39.9 Å². The minimum atomic E-state index is -4.29. The zero-order chi connectivity index (χ0) is 39.3. The van der Waals surface area contributed by atoms with Gasteiger partial charge in [-0.3, -0.25) is 14.4 Å². The number of amides is 3. The van der Waals surface area contributed by atoms with E-state index in [-0.39, 0.29) is 41.9 Å². The van der Waals surface area contributed by atoms with Crippen LogP contribution in [0.1, 0.15) is 54.4 Å². The molecule has 0 saturated heterocycles. The summed E-state index contributed by atoms with van der Waals surface area (Å²) in [6.07, 6.45) is 2.39. The van der Waals surface area contributed by atoms with Crippen molar-refractivity contribution in [3.8, 4) is 0 Å². The number of carbonyl (C=O) groups excluding carboxylic acids is 5.